The number of methoxy groups -OCH3 is 1. The zero-order valence-corrected chi connectivity index (χ0v) is 34.2. The van der Waals surface area contributed by atoms with E-state index < -0.39 is 79.6 Å². The Balaban J connectivity index is 1.40. The molecule has 0 spiro atoms. The molecule has 16 heteroatoms. The second-order valence-corrected chi connectivity index (χ2v) is 19.2. The quantitative estimate of drug-likeness (QED) is 0.309. The second kappa shape index (κ2) is 15.4. The number of carbonyl (C=O) groups is 4. The first-order chi connectivity index (χ1) is 26.3. The van der Waals surface area contributed by atoms with Gasteiger partial charge in [0.15, 0.2) is 0 Å². The number of cyclic esters (lactones) is 1. The third-order valence-electron chi connectivity index (χ3n) is 11.1. The molecule has 4 bridgehead atoms. The Hall–Kier alpha value is -4.60. The first-order valence-electron chi connectivity index (χ1n) is 19.4. The average molecular weight is 798 g/mol. The normalized spacial score (nSPS) is 26.9. The first-order valence-corrected chi connectivity index (χ1v) is 20.9. The summed E-state index contributed by atoms with van der Waals surface area (Å²) in [6, 6.07) is 3.23. The van der Waals surface area contributed by atoms with Crippen LogP contribution in [-0.2, 0) is 35.6 Å². The summed E-state index contributed by atoms with van der Waals surface area (Å²) in [6.45, 7) is 15.4. The van der Waals surface area contributed by atoms with Gasteiger partial charge in [-0.25, -0.2) is 18.2 Å². The van der Waals surface area contributed by atoms with Crippen LogP contribution in [0.5, 0.6) is 17.4 Å². The molecule has 2 aromatic rings. The van der Waals surface area contributed by atoms with E-state index in [0.717, 1.165) is 18.4 Å². The molecule has 1 aromatic carbocycles. The molecule has 0 unspecified atom stereocenters. The zero-order valence-electron chi connectivity index (χ0n) is 33.4. The topological polar surface area (TPSA) is 192 Å². The fourth-order valence-electron chi connectivity index (χ4n) is 7.59. The van der Waals surface area contributed by atoms with Crippen molar-refractivity contribution >= 4 is 44.7 Å². The van der Waals surface area contributed by atoms with E-state index in [0.29, 0.717) is 54.2 Å². The maximum atomic E-state index is 14.7. The highest BCUT2D eigenvalue weighted by Crippen LogP contribution is 2.46. The number of nitrogens with one attached hydrogen (secondary N) is 3. The molecule has 0 radical (unpaired) electrons. The molecule has 56 heavy (non-hydrogen) atoms. The number of ether oxygens (including phenoxy) is 4. The van der Waals surface area contributed by atoms with Gasteiger partial charge < -0.3 is 34.5 Å². The Bertz CT molecular complexity index is 2010. The van der Waals surface area contributed by atoms with Gasteiger partial charge in [0, 0.05) is 29.9 Å². The number of hydrogen-bond acceptors (Lipinski definition) is 11. The molecular formula is C40H55N5O10S. The number of amides is 4. The lowest BCUT2D eigenvalue weighted by molar-refractivity contribution is -0.142. The zero-order chi connectivity index (χ0) is 40.8. The molecule has 2 aliphatic carbocycles. The molecule has 2 aliphatic heterocycles. The maximum Gasteiger partial charge on any atom is 0.407 e. The maximum absolute atomic E-state index is 14.7. The van der Waals surface area contributed by atoms with Crippen LogP contribution < -0.4 is 29.6 Å². The van der Waals surface area contributed by atoms with Gasteiger partial charge in [0.25, 0.3) is 5.91 Å². The number of hydrogen-bond donors (Lipinski definition) is 3. The van der Waals surface area contributed by atoms with E-state index in [-0.39, 0.29) is 26.0 Å². The predicted molar refractivity (Wildman–Crippen MR) is 208 cm³/mol. The van der Waals surface area contributed by atoms with Crippen molar-refractivity contribution in [3.63, 3.8) is 0 Å². The minimum atomic E-state index is -3.91. The van der Waals surface area contributed by atoms with E-state index >= 15 is 0 Å². The highest BCUT2D eigenvalue weighted by molar-refractivity contribution is 7.91. The van der Waals surface area contributed by atoms with Crippen molar-refractivity contribution in [2.45, 2.75) is 115 Å². The SMILES string of the molecule is C=C[C@H]1C[C@@]1(NC(=O)[C@@H]1C[C@@H]2CN1C(=O)[C@H](C(C)(C)C)NC(=O)OCC(C)(C)CCCc1cc3c(cc(OCC)nc3cc1OC)O2)C(=O)NS(=O)(=O)C1CC1. The average Bonchev–Trinajstić information content (AvgIpc) is 4.05. The highest BCUT2D eigenvalue weighted by Gasteiger charge is 2.62. The minimum Gasteiger partial charge on any atom is -0.496 e. The van der Waals surface area contributed by atoms with Crippen LogP contribution in [0.1, 0.15) is 85.6 Å². The standard InChI is InChI=1S/C40H55N5O10S/c1-9-24-20-40(24,36(48)44-56(50,51)26-13-14-26)43-34(46)29-17-25-21-45(29)35(47)33(38(3,4)5)42-37(49)54-22-39(6,7)15-11-12-23-16-27-28(18-30(23)52-8)41-32(53-10-2)19-31(27)55-25/h9,16,18-19,24-26,29,33H,1,10-15,17,20-22H2,2-8H3,(H,42,49)(H,43,46)(H,44,48)/t24-,25+,29-,33+,40-/m0/s1. The van der Waals surface area contributed by atoms with Crippen molar-refractivity contribution in [3.8, 4) is 17.4 Å². The molecule has 3 heterocycles. The van der Waals surface area contributed by atoms with Gasteiger partial charge in [-0.05, 0) is 67.9 Å². The summed E-state index contributed by atoms with van der Waals surface area (Å²) < 4.78 is 51.7. The van der Waals surface area contributed by atoms with E-state index in [2.05, 4.69) is 21.9 Å². The number of carbonyl (C=O) groups excluding carboxylic acids is 4. The number of rotatable bonds is 9. The molecule has 4 aliphatic rings. The molecule has 5 atom stereocenters. The van der Waals surface area contributed by atoms with Crippen LogP contribution in [0.3, 0.4) is 0 Å². The second-order valence-electron chi connectivity index (χ2n) is 17.3. The van der Waals surface area contributed by atoms with Crippen molar-refractivity contribution in [2.24, 2.45) is 16.7 Å². The fraction of sp³-hybridized carbons (Fsp3) is 0.625. The number of aromatic nitrogens is 1. The number of fused-ring (bicyclic) bond motifs is 3. The van der Waals surface area contributed by atoms with Gasteiger partial charge in [0.2, 0.25) is 27.7 Å². The number of nitrogens with zero attached hydrogens (tertiary/aromatic N) is 2. The van der Waals surface area contributed by atoms with Crippen molar-refractivity contribution < 1.29 is 46.5 Å². The minimum absolute atomic E-state index is 0.0146. The van der Waals surface area contributed by atoms with Gasteiger partial charge in [-0.15, -0.1) is 6.58 Å². The van der Waals surface area contributed by atoms with E-state index in [1.165, 1.54) is 11.0 Å². The van der Waals surface area contributed by atoms with Crippen LogP contribution in [0.15, 0.2) is 30.9 Å². The molecule has 1 aromatic heterocycles. The van der Waals surface area contributed by atoms with E-state index in [9.17, 15) is 27.6 Å². The van der Waals surface area contributed by atoms with E-state index in [1.54, 1.807) is 33.9 Å². The van der Waals surface area contributed by atoms with Crippen LogP contribution in [0.2, 0.25) is 0 Å². The van der Waals surface area contributed by atoms with E-state index in [4.69, 9.17) is 23.9 Å². The summed E-state index contributed by atoms with van der Waals surface area (Å²) in [7, 11) is -2.31. The molecule has 3 N–H and O–H groups in total. The van der Waals surface area contributed by atoms with Crippen LogP contribution in [0.25, 0.3) is 10.9 Å². The smallest absolute Gasteiger partial charge is 0.407 e. The van der Waals surface area contributed by atoms with Gasteiger partial charge in [-0.2, -0.15) is 0 Å². The molecule has 3 fully saturated rings. The number of benzene rings is 1. The fourth-order valence-corrected chi connectivity index (χ4v) is 8.95. The molecular weight excluding hydrogens is 743 g/mol. The third-order valence-corrected chi connectivity index (χ3v) is 12.9. The lowest BCUT2D eigenvalue weighted by Crippen LogP contribution is -2.60. The Labute approximate surface area is 328 Å². The number of aryl methyl sites for hydroxylation is 1. The summed E-state index contributed by atoms with van der Waals surface area (Å²) in [5.41, 5.74) is -1.29. The van der Waals surface area contributed by atoms with Crippen LogP contribution >= 0.6 is 0 Å². The van der Waals surface area contributed by atoms with Gasteiger partial charge in [-0.1, -0.05) is 40.7 Å². The monoisotopic (exact) mass is 797 g/mol. The molecule has 4 amide bonds. The molecule has 306 valence electrons. The number of alkyl carbamates (subject to hydrolysis) is 1. The Kier molecular flexibility index (Phi) is 11.3. The lowest BCUT2D eigenvalue weighted by atomic mass is 9.85. The van der Waals surface area contributed by atoms with Gasteiger partial charge in [0.1, 0.15) is 35.2 Å². The summed E-state index contributed by atoms with van der Waals surface area (Å²) >= 11 is 0. The third kappa shape index (κ3) is 8.69. The van der Waals surface area contributed by atoms with E-state index in [1.807, 2.05) is 32.9 Å². The van der Waals surface area contributed by atoms with Crippen LogP contribution in [0, 0.1) is 16.7 Å². The van der Waals surface area contributed by atoms with Gasteiger partial charge in [-0.3, -0.25) is 19.1 Å². The van der Waals surface area contributed by atoms with Gasteiger partial charge >= 0.3 is 6.09 Å². The summed E-state index contributed by atoms with van der Waals surface area (Å²) in [5.74, 6) is -1.19. The first kappa shape index (κ1) is 41.0. The number of sulfonamides is 1. The van der Waals surface area contributed by atoms with Crippen molar-refractivity contribution in [3.05, 3.63) is 36.4 Å². The van der Waals surface area contributed by atoms with Crippen molar-refractivity contribution in [1.29, 1.82) is 0 Å². The summed E-state index contributed by atoms with van der Waals surface area (Å²) in [5, 5.41) is 5.63. The number of pyridine rings is 1. The van der Waals surface area contributed by atoms with Crippen molar-refractivity contribution in [1.82, 2.24) is 25.2 Å². The van der Waals surface area contributed by atoms with Crippen molar-refractivity contribution in [2.75, 3.05) is 26.9 Å². The molecule has 2 saturated carbocycles. The summed E-state index contributed by atoms with van der Waals surface area (Å²) in [6.07, 6.45) is 3.20. The largest absolute Gasteiger partial charge is 0.496 e. The van der Waals surface area contributed by atoms with Crippen LogP contribution in [-0.4, -0.2) is 98.0 Å². The molecule has 1 saturated heterocycles. The van der Waals surface area contributed by atoms with Gasteiger partial charge in [0.05, 0.1) is 37.6 Å². The van der Waals surface area contributed by atoms with Crippen LogP contribution in [0.4, 0.5) is 4.79 Å². The molecule has 15 nitrogen and oxygen atoms in total. The summed E-state index contributed by atoms with van der Waals surface area (Å²) in [4.78, 5) is 62.1. The Morgan fingerprint density at radius 2 is 1.91 bits per heavy atom. The predicted octanol–water partition coefficient (Wildman–Crippen LogP) is 4.16. The Morgan fingerprint density at radius 3 is 2.54 bits per heavy atom. The molecule has 6 rings (SSSR count). The highest BCUT2D eigenvalue weighted by atomic mass is 32.2. The Morgan fingerprint density at radius 1 is 1.18 bits per heavy atom. The lowest BCUT2D eigenvalue weighted by Gasteiger charge is -2.35.